The molecule has 0 aliphatic carbocycles. The van der Waals surface area contributed by atoms with Crippen LogP contribution in [0.15, 0.2) is 0 Å². The quantitative estimate of drug-likeness (QED) is 0.0445. The summed E-state index contributed by atoms with van der Waals surface area (Å²) in [5.41, 5.74) is 0. The summed E-state index contributed by atoms with van der Waals surface area (Å²) in [5, 5.41) is 22.3. The third-order valence-corrected chi connectivity index (χ3v) is 16.4. The van der Waals surface area contributed by atoms with E-state index in [-0.39, 0.29) is 62.7 Å². The maximum Gasteiger partial charge on any atom is 2.00 e. The van der Waals surface area contributed by atoms with Crippen molar-refractivity contribution in [2.75, 3.05) is 26.2 Å². The Kier molecular flexibility index (Phi) is 72.4. The number of carbonyl (C=O) groups excluding carboxylic acids is 2. The maximum absolute atomic E-state index is 11.2. The van der Waals surface area contributed by atoms with E-state index in [1.165, 1.54) is 334 Å². The molecule has 0 aliphatic rings. The first kappa shape index (κ1) is 79.3. The molecule has 0 aliphatic heterocycles. The number of aliphatic carboxylic acids is 2. The Balaban J connectivity index is -0.00000136. The second kappa shape index (κ2) is 68.4. The third kappa shape index (κ3) is 66.5. The Morgan fingerprint density at radius 2 is 0.373 bits per heavy atom. The number of carboxylic acids is 2. The molecule has 0 aromatic rings. The maximum atomic E-state index is 11.2. The number of carbonyl (C=O) groups is 2. The van der Waals surface area contributed by atoms with Gasteiger partial charge in [-0.3, -0.25) is 0 Å². The molecule has 0 amide bonds. The molecule has 2 unspecified atom stereocenters. The van der Waals surface area contributed by atoms with Gasteiger partial charge in [0.15, 0.2) is 0 Å². The van der Waals surface area contributed by atoms with Crippen molar-refractivity contribution in [3.05, 3.63) is 0 Å². The molecular weight excluding hydrogens is 949 g/mol. The summed E-state index contributed by atoms with van der Waals surface area (Å²) in [6.07, 6.45) is 71.7. The van der Waals surface area contributed by atoms with Gasteiger partial charge in [0.1, 0.15) is 0 Å². The fourth-order valence-electron chi connectivity index (χ4n) is 11.2. The molecule has 444 valence electrons. The molecule has 2 atom stereocenters. The van der Waals surface area contributed by atoms with Crippen molar-refractivity contribution in [3.63, 3.8) is 0 Å². The first-order chi connectivity index (χ1) is 36.2. The van der Waals surface area contributed by atoms with E-state index in [1.807, 2.05) is 0 Å². The van der Waals surface area contributed by atoms with Gasteiger partial charge in [0.25, 0.3) is 0 Å². The molecule has 0 saturated carbocycles. The third-order valence-electron chi connectivity index (χ3n) is 16.4. The fourth-order valence-corrected chi connectivity index (χ4v) is 11.2. The molecule has 0 rings (SSSR count). The van der Waals surface area contributed by atoms with Crippen LogP contribution in [-0.2, 0) is 9.59 Å². The number of hydrogen-bond donors (Lipinski definition) is 0. The van der Waals surface area contributed by atoms with E-state index in [2.05, 4.69) is 51.3 Å². The van der Waals surface area contributed by atoms with Gasteiger partial charge in [0.05, 0.1) is 0 Å². The van der Waals surface area contributed by atoms with Gasteiger partial charge in [-0.25, -0.2) is 0 Å². The normalized spacial score (nSPS) is 12.3. The largest absolute Gasteiger partial charge is 2.00 e. The molecular formula is C68H136CaN2O4. The second-order valence-corrected chi connectivity index (χ2v) is 23.9. The molecule has 7 heteroatoms. The van der Waals surface area contributed by atoms with E-state index in [1.54, 1.807) is 0 Å². The van der Waals surface area contributed by atoms with Gasteiger partial charge < -0.3 is 29.6 Å². The molecule has 0 saturated heterocycles. The van der Waals surface area contributed by atoms with E-state index in [0.29, 0.717) is 0 Å². The average molecular weight is 1090 g/mol. The summed E-state index contributed by atoms with van der Waals surface area (Å²) in [6.45, 7) is 17.5. The zero-order valence-electron chi connectivity index (χ0n) is 52.4. The number of carboxylic acid groups (broad SMARTS) is 2. The molecule has 75 heavy (non-hydrogen) atoms. The van der Waals surface area contributed by atoms with Crippen LogP contribution in [-0.4, -0.2) is 97.7 Å². The zero-order chi connectivity index (χ0) is 54.5. The molecule has 0 bridgehead atoms. The van der Waals surface area contributed by atoms with Crippen molar-refractivity contribution in [3.8, 4) is 0 Å². The van der Waals surface area contributed by atoms with Crippen LogP contribution < -0.4 is 10.2 Å². The predicted octanol–water partition coefficient (Wildman–Crippen LogP) is 19.6. The minimum atomic E-state index is -0.909. The van der Waals surface area contributed by atoms with Crippen LogP contribution >= 0.6 is 0 Å². The van der Waals surface area contributed by atoms with Crippen molar-refractivity contribution < 1.29 is 19.8 Å². The first-order valence-electron chi connectivity index (χ1n) is 34.1. The van der Waals surface area contributed by atoms with Gasteiger partial charge >= 0.3 is 37.7 Å². The second-order valence-electron chi connectivity index (χ2n) is 23.9. The van der Waals surface area contributed by atoms with Gasteiger partial charge in [-0.15, -0.1) is 0 Å². The van der Waals surface area contributed by atoms with E-state index in [0.717, 1.165) is 26.2 Å². The SMILES string of the molecule is CCCCCCCCCCCCCCCN(CCCCCCCCCCCCCCC)C(C)CC(=O)[O-].CCCCCCCCCCCCCCCN(CCCCCCCCCCCCCCC)C(C)CC(=O)[O-].[Ca+2]. The van der Waals surface area contributed by atoms with Gasteiger partial charge in [-0.05, 0) is 65.7 Å². The van der Waals surface area contributed by atoms with Crippen LogP contribution in [0.3, 0.4) is 0 Å². The predicted molar refractivity (Wildman–Crippen MR) is 330 cm³/mol. The van der Waals surface area contributed by atoms with Crippen LogP contribution in [0.2, 0.25) is 0 Å². The summed E-state index contributed by atoms with van der Waals surface area (Å²) in [6, 6.07) is 0.194. The Labute approximate surface area is 502 Å². The molecule has 0 aromatic heterocycles. The van der Waals surface area contributed by atoms with Gasteiger partial charge in [-0.1, -0.05) is 336 Å². The van der Waals surface area contributed by atoms with E-state index in [4.69, 9.17) is 0 Å². The topological polar surface area (TPSA) is 86.7 Å². The molecule has 0 spiro atoms. The molecule has 0 radical (unpaired) electrons. The molecule has 6 nitrogen and oxygen atoms in total. The van der Waals surface area contributed by atoms with Crippen molar-refractivity contribution >= 4 is 49.7 Å². The average Bonchev–Trinajstić information content (AvgIpc) is 3.37. The molecule has 0 N–H and O–H groups in total. The minimum Gasteiger partial charge on any atom is -0.550 e. The molecule has 0 heterocycles. The van der Waals surface area contributed by atoms with Crippen molar-refractivity contribution in [2.24, 2.45) is 0 Å². The van der Waals surface area contributed by atoms with Crippen LogP contribution in [0.5, 0.6) is 0 Å². The van der Waals surface area contributed by atoms with E-state index in [9.17, 15) is 19.8 Å². The van der Waals surface area contributed by atoms with Crippen molar-refractivity contribution in [1.82, 2.24) is 9.80 Å². The molecule has 0 fully saturated rings. The van der Waals surface area contributed by atoms with E-state index < -0.39 is 11.9 Å². The summed E-state index contributed by atoms with van der Waals surface area (Å²) >= 11 is 0. The number of nitrogens with zero attached hydrogens (tertiary/aromatic N) is 2. The minimum absolute atomic E-state index is 0. The van der Waals surface area contributed by atoms with Crippen molar-refractivity contribution in [2.45, 2.75) is 400 Å². The summed E-state index contributed by atoms with van der Waals surface area (Å²) < 4.78 is 0. The fraction of sp³-hybridized carbons (Fsp3) is 0.971. The smallest absolute Gasteiger partial charge is 0.550 e. The zero-order valence-corrected chi connectivity index (χ0v) is 54.6. The first-order valence-corrected chi connectivity index (χ1v) is 34.1. The monoisotopic (exact) mass is 1090 g/mol. The van der Waals surface area contributed by atoms with Crippen LogP contribution in [0.4, 0.5) is 0 Å². The Hall–Kier alpha value is 0.120. The Bertz CT molecular complexity index is 936. The van der Waals surface area contributed by atoms with Crippen LogP contribution in [0, 0.1) is 0 Å². The van der Waals surface area contributed by atoms with Gasteiger partial charge in [0, 0.05) is 36.9 Å². The standard InChI is InChI=1S/2C34H69NO2.Ca/c2*1-4-6-8-10-12-14-16-18-20-22-24-26-28-30-35(33(3)32-34(36)37)31-29-27-25-23-21-19-17-15-13-11-9-7-5-2;/h2*33H,4-32H2,1-3H3,(H,36,37);/q;;+2/p-2. The van der Waals surface area contributed by atoms with Crippen molar-refractivity contribution in [1.29, 1.82) is 0 Å². The van der Waals surface area contributed by atoms with Gasteiger partial charge in [0.2, 0.25) is 0 Å². The van der Waals surface area contributed by atoms with Crippen LogP contribution in [0.1, 0.15) is 388 Å². The summed E-state index contributed by atoms with van der Waals surface area (Å²) in [4.78, 5) is 27.2. The number of unbranched alkanes of at least 4 members (excludes halogenated alkanes) is 48. The number of rotatable bonds is 62. The number of hydrogen-bond acceptors (Lipinski definition) is 6. The summed E-state index contributed by atoms with van der Waals surface area (Å²) in [5.74, 6) is -1.82. The molecule has 0 aromatic carbocycles. The van der Waals surface area contributed by atoms with E-state index >= 15 is 0 Å². The summed E-state index contributed by atoms with van der Waals surface area (Å²) in [7, 11) is 0. The Morgan fingerprint density at radius 1 is 0.253 bits per heavy atom. The Morgan fingerprint density at radius 3 is 0.493 bits per heavy atom. The van der Waals surface area contributed by atoms with Crippen LogP contribution in [0.25, 0.3) is 0 Å². The van der Waals surface area contributed by atoms with Gasteiger partial charge in [-0.2, -0.15) is 0 Å².